The molecule has 0 amide bonds. The molecule has 62 heavy (non-hydrogen) atoms. The van der Waals surface area contributed by atoms with Crippen LogP contribution in [0, 0.1) is 29.6 Å². The number of hydrogen-bond donors (Lipinski definition) is 2. The van der Waals surface area contributed by atoms with Crippen LogP contribution < -0.4 is 9.47 Å². The van der Waals surface area contributed by atoms with Crippen molar-refractivity contribution in [3.8, 4) is 45.9 Å². The van der Waals surface area contributed by atoms with Gasteiger partial charge in [0.05, 0.1) is 47.5 Å². The quantitative estimate of drug-likeness (QED) is 0.136. The molecule has 2 N–H and O–H groups in total. The van der Waals surface area contributed by atoms with Gasteiger partial charge >= 0.3 is 0 Å². The van der Waals surface area contributed by atoms with E-state index in [2.05, 4.69) is 91.7 Å². The summed E-state index contributed by atoms with van der Waals surface area (Å²) in [5.74, 6) is 0.998. The van der Waals surface area contributed by atoms with Crippen molar-refractivity contribution in [2.45, 2.75) is 65.0 Å². The summed E-state index contributed by atoms with van der Waals surface area (Å²) in [5.41, 5.74) is 9.61. The fourth-order valence-corrected chi connectivity index (χ4v) is 9.10. The molecule has 0 atom stereocenters. The summed E-state index contributed by atoms with van der Waals surface area (Å²) in [5, 5.41) is 33.7. The zero-order valence-electron chi connectivity index (χ0n) is 34.8. The molecule has 6 aromatic heterocycles. The first kappa shape index (κ1) is 39.2. The predicted molar refractivity (Wildman–Crippen MR) is 238 cm³/mol. The summed E-state index contributed by atoms with van der Waals surface area (Å²) in [6, 6.07) is 25.0. The van der Waals surface area contributed by atoms with Crippen molar-refractivity contribution in [3.63, 3.8) is 0 Å². The van der Waals surface area contributed by atoms with Crippen LogP contribution in [0.15, 0.2) is 85.5 Å². The number of aliphatic hydroxyl groups excluding tert-OH is 1. The van der Waals surface area contributed by atoms with E-state index in [4.69, 9.17) is 19.4 Å². The number of aryl methyl sites for hydroxylation is 1. The highest BCUT2D eigenvalue weighted by atomic mass is 16.5. The topological polar surface area (TPSA) is 165 Å². The highest BCUT2D eigenvalue weighted by Gasteiger charge is 2.29. The number of ether oxygens (including phenoxy) is 2. The van der Waals surface area contributed by atoms with Gasteiger partial charge in [-0.3, -0.25) is 4.90 Å². The summed E-state index contributed by atoms with van der Waals surface area (Å²) in [7, 11) is 0. The van der Waals surface area contributed by atoms with Crippen molar-refractivity contribution in [3.05, 3.63) is 108 Å². The van der Waals surface area contributed by atoms with Crippen LogP contribution in [0.2, 0.25) is 0 Å². The third kappa shape index (κ3) is 7.24. The maximum Gasteiger partial charge on any atom is 0.183 e. The number of aromatic nitrogens is 6. The van der Waals surface area contributed by atoms with Crippen LogP contribution in [-0.4, -0.2) is 89.3 Å². The minimum absolute atomic E-state index is 0.0257. The van der Waals surface area contributed by atoms with E-state index in [1.807, 2.05) is 36.7 Å². The van der Waals surface area contributed by atoms with Crippen LogP contribution >= 0.6 is 0 Å². The summed E-state index contributed by atoms with van der Waals surface area (Å²) in [6.45, 7) is 9.14. The maximum absolute atomic E-state index is 10.3. The lowest BCUT2D eigenvalue weighted by atomic mass is 10.0. The molecule has 2 aromatic carbocycles. The van der Waals surface area contributed by atoms with Crippen LogP contribution in [0.3, 0.4) is 0 Å². The number of nitrogens with one attached hydrogen (secondary N) is 1. The number of nitriles is 2. The van der Waals surface area contributed by atoms with Crippen LogP contribution in [0.25, 0.3) is 66.1 Å². The summed E-state index contributed by atoms with van der Waals surface area (Å²) in [6.07, 6.45) is 10.3. The number of benzene rings is 2. The van der Waals surface area contributed by atoms with Crippen LogP contribution in [0.4, 0.5) is 0 Å². The van der Waals surface area contributed by atoms with E-state index in [1.54, 1.807) is 12.4 Å². The highest BCUT2D eigenvalue weighted by molar-refractivity contribution is 6.12. The van der Waals surface area contributed by atoms with E-state index in [0.29, 0.717) is 23.8 Å². The number of aromatic amines is 1. The Morgan fingerprint density at radius 2 is 1.27 bits per heavy atom. The number of aliphatic hydroxyl groups is 1. The van der Waals surface area contributed by atoms with Crippen LogP contribution in [0.5, 0.6) is 11.5 Å². The first-order valence-electron chi connectivity index (χ1n) is 21.4. The van der Waals surface area contributed by atoms with Gasteiger partial charge in [0.25, 0.3) is 0 Å². The largest absolute Gasteiger partial charge is 0.487 e. The molecule has 2 saturated heterocycles. The van der Waals surface area contributed by atoms with Crippen molar-refractivity contribution in [1.29, 1.82) is 10.5 Å². The number of nitrogens with zero attached hydrogens (tertiary/aromatic N) is 9. The smallest absolute Gasteiger partial charge is 0.183 e. The monoisotopic (exact) mass is 822 g/mol. The molecule has 0 unspecified atom stereocenters. The summed E-state index contributed by atoms with van der Waals surface area (Å²) < 4.78 is 15.8. The lowest BCUT2D eigenvalue weighted by Gasteiger charge is -2.32. The van der Waals surface area contributed by atoms with Gasteiger partial charge < -0.3 is 29.0 Å². The molecule has 2 aliphatic rings. The predicted octanol–water partition coefficient (Wildman–Crippen LogP) is 8.25. The Morgan fingerprint density at radius 1 is 0.694 bits per heavy atom. The van der Waals surface area contributed by atoms with Crippen molar-refractivity contribution in [2.24, 2.45) is 0 Å². The van der Waals surface area contributed by atoms with Gasteiger partial charge in [0.15, 0.2) is 22.9 Å². The second kappa shape index (κ2) is 16.5. The third-order valence-corrected chi connectivity index (χ3v) is 12.6. The zero-order valence-corrected chi connectivity index (χ0v) is 34.8. The van der Waals surface area contributed by atoms with E-state index in [0.717, 1.165) is 124 Å². The average Bonchev–Trinajstić information content (AvgIpc) is 3.85. The minimum Gasteiger partial charge on any atom is -0.487 e. The Bertz CT molecular complexity index is 3040. The number of fused-ring (bicyclic) bond motifs is 6. The molecule has 13 nitrogen and oxygen atoms in total. The van der Waals surface area contributed by atoms with Crippen LogP contribution in [0.1, 0.15) is 55.1 Å². The first-order chi connectivity index (χ1) is 30.4. The van der Waals surface area contributed by atoms with Crippen molar-refractivity contribution < 1.29 is 14.6 Å². The van der Waals surface area contributed by atoms with E-state index < -0.39 is 0 Å². The molecule has 8 heterocycles. The summed E-state index contributed by atoms with van der Waals surface area (Å²) >= 11 is 0. The van der Waals surface area contributed by atoms with Crippen molar-refractivity contribution >= 4 is 43.9 Å². The Balaban J connectivity index is 0.958. The van der Waals surface area contributed by atoms with Crippen molar-refractivity contribution in [2.75, 3.05) is 32.7 Å². The number of H-pyrrole nitrogens is 1. The Morgan fingerprint density at radius 3 is 1.90 bits per heavy atom. The number of rotatable bonds is 10. The normalized spacial score (nSPS) is 15.7. The molecule has 10 rings (SSSR count). The van der Waals surface area contributed by atoms with E-state index in [9.17, 15) is 15.6 Å². The SMILES string of the molecule is CCN1CCC(Oc2c(C#N)ncc3c2c2cc(-c4ccc(CO)cc4)cnc2n3CN2CCC(Oc3c(C#N)ncc4[nH]c5ncc(-c6ccc(C)cc6)cc5c34)CC2)CC1. The number of hydrogen-bond acceptors (Lipinski definition) is 11. The number of piperidine rings is 2. The molecule has 0 radical (unpaired) electrons. The lowest BCUT2D eigenvalue weighted by molar-refractivity contribution is 0.0859. The van der Waals surface area contributed by atoms with Gasteiger partial charge in [-0.25, -0.2) is 19.9 Å². The van der Waals surface area contributed by atoms with Gasteiger partial charge in [0, 0.05) is 60.5 Å². The van der Waals surface area contributed by atoms with E-state index >= 15 is 0 Å². The molecule has 310 valence electrons. The summed E-state index contributed by atoms with van der Waals surface area (Å²) in [4.78, 5) is 27.2. The Hall–Kier alpha value is -6.90. The molecule has 0 saturated carbocycles. The number of likely N-dealkylation sites (tertiary alicyclic amines) is 2. The standard InChI is InChI=1S/C49H46N10O3/c1-3-57-16-12-36(13-17-57)62-47-41(23-51)53-27-43-45(47)39-21-35(33-10-6-31(28-60)7-11-33)25-55-49(39)59(43)29-58-18-14-37(15-19-58)61-46-40(22-50)52-26-42-44(46)38-20-34(24-54-48(38)56-42)32-8-4-30(2)5-9-32/h4-11,20-21,24-27,36-37,60H,3,12-19,28-29H2,1-2H3,(H,54,56). The van der Waals surface area contributed by atoms with Gasteiger partial charge in [-0.15, -0.1) is 0 Å². The van der Waals surface area contributed by atoms with Gasteiger partial charge in [-0.1, -0.05) is 61.0 Å². The molecule has 2 fully saturated rings. The molecule has 0 spiro atoms. The fraction of sp³-hybridized carbons (Fsp3) is 0.306. The third-order valence-electron chi connectivity index (χ3n) is 12.6. The molecule has 0 bridgehead atoms. The van der Waals surface area contributed by atoms with Gasteiger partial charge in [-0.05, 0) is 68.0 Å². The molecule has 2 aliphatic heterocycles. The van der Waals surface area contributed by atoms with Crippen molar-refractivity contribution in [1.82, 2.24) is 39.3 Å². The van der Waals surface area contributed by atoms with Crippen LogP contribution in [-0.2, 0) is 13.3 Å². The molecule has 8 aromatic rings. The maximum atomic E-state index is 10.3. The molecule has 0 aliphatic carbocycles. The lowest BCUT2D eigenvalue weighted by Crippen LogP contribution is -2.39. The molecule has 13 heteroatoms. The molecular weight excluding hydrogens is 777 g/mol. The number of pyridine rings is 4. The minimum atomic E-state index is -0.140. The van der Waals surface area contributed by atoms with E-state index in [-0.39, 0.29) is 30.2 Å². The van der Waals surface area contributed by atoms with Gasteiger partial charge in [0.2, 0.25) is 0 Å². The average molecular weight is 823 g/mol. The fourth-order valence-electron chi connectivity index (χ4n) is 9.10. The zero-order chi connectivity index (χ0) is 42.3. The Labute approximate surface area is 358 Å². The second-order valence-corrected chi connectivity index (χ2v) is 16.5. The Kier molecular flexibility index (Phi) is 10.5. The van der Waals surface area contributed by atoms with E-state index in [1.165, 1.54) is 5.56 Å². The molecular formula is C49H46N10O3. The highest BCUT2D eigenvalue weighted by Crippen LogP contribution is 2.41. The van der Waals surface area contributed by atoms with Gasteiger partial charge in [-0.2, -0.15) is 10.5 Å². The van der Waals surface area contributed by atoms with Gasteiger partial charge in [0.1, 0.15) is 35.6 Å². The second-order valence-electron chi connectivity index (χ2n) is 16.5. The first-order valence-corrected chi connectivity index (χ1v) is 21.4.